The lowest BCUT2D eigenvalue weighted by molar-refractivity contribution is 1.31. The minimum absolute atomic E-state index is 0.645. The molecule has 108 valence electrons. The highest BCUT2D eigenvalue weighted by Crippen LogP contribution is 2.35. The van der Waals surface area contributed by atoms with Gasteiger partial charge in [0.1, 0.15) is 5.65 Å². The molecule has 4 nitrogen and oxygen atoms in total. The minimum Gasteiger partial charge on any atom is -0.345 e. The number of nitriles is 1. The number of H-pyrrole nitrogens is 1. The van der Waals surface area contributed by atoms with Crippen LogP contribution in [0.4, 0.5) is 0 Å². The molecule has 3 aromatic heterocycles. The maximum atomic E-state index is 9.13. The van der Waals surface area contributed by atoms with E-state index in [1.54, 1.807) is 24.7 Å². The number of aromatic amines is 1. The average Bonchev–Trinajstić information content (AvgIpc) is 3.07. The second-order valence-electron chi connectivity index (χ2n) is 5.21. The third-order valence-corrected chi connectivity index (χ3v) is 3.87. The van der Waals surface area contributed by atoms with Crippen molar-refractivity contribution in [3.63, 3.8) is 0 Å². The molecule has 1 N–H and O–H groups in total. The van der Waals surface area contributed by atoms with Crippen LogP contribution in [-0.2, 0) is 0 Å². The zero-order chi connectivity index (χ0) is 15.6. The molecule has 0 saturated heterocycles. The summed E-state index contributed by atoms with van der Waals surface area (Å²) in [5.41, 5.74) is 5.69. The van der Waals surface area contributed by atoms with E-state index in [9.17, 15) is 0 Å². The maximum Gasteiger partial charge on any atom is 0.138 e. The molecule has 0 saturated carbocycles. The Morgan fingerprint density at radius 2 is 1.78 bits per heavy atom. The average molecular weight is 296 g/mol. The van der Waals surface area contributed by atoms with Gasteiger partial charge >= 0.3 is 0 Å². The molecule has 3 heterocycles. The van der Waals surface area contributed by atoms with Gasteiger partial charge in [0.2, 0.25) is 0 Å². The van der Waals surface area contributed by atoms with Gasteiger partial charge in [-0.1, -0.05) is 12.1 Å². The molecule has 0 atom stereocenters. The number of rotatable bonds is 2. The summed E-state index contributed by atoms with van der Waals surface area (Å²) in [5.74, 6) is 0. The molecule has 4 rings (SSSR count). The summed E-state index contributed by atoms with van der Waals surface area (Å²) in [6, 6.07) is 15.8. The van der Waals surface area contributed by atoms with Crippen molar-refractivity contribution in [2.45, 2.75) is 0 Å². The molecule has 0 bridgehead atoms. The number of aromatic nitrogens is 3. The quantitative estimate of drug-likeness (QED) is 0.604. The molecule has 0 fully saturated rings. The minimum atomic E-state index is 0.645. The molecular weight excluding hydrogens is 284 g/mol. The Balaban J connectivity index is 2.00. The molecule has 4 heteroatoms. The van der Waals surface area contributed by atoms with E-state index in [0.29, 0.717) is 5.56 Å². The molecule has 23 heavy (non-hydrogen) atoms. The van der Waals surface area contributed by atoms with Crippen LogP contribution in [0, 0.1) is 11.3 Å². The van der Waals surface area contributed by atoms with Crippen LogP contribution in [0.1, 0.15) is 5.56 Å². The van der Waals surface area contributed by atoms with Crippen molar-refractivity contribution in [1.82, 2.24) is 15.0 Å². The van der Waals surface area contributed by atoms with E-state index >= 15 is 0 Å². The fraction of sp³-hybridized carbons (Fsp3) is 0. The molecule has 1 aromatic carbocycles. The van der Waals surface area contributed by atoms with Crippen molar-refractivity contribution in [2.24, 2.45) is 0 Å². The second-order valence-corrected chi connectivity index (χ2v) is 5.21. The van der Waals surface area contributed by atoms with Gasteiger partial charge in [-0.3, -0.25) is 4.98 Å². The van der Waals surface area contributed by atoms with Gasteiger partial charge in [0, 0.05) is 35.7 Å². The molecule has 0 aliphatic heterocycles. The normalized spacial score (nSPS) is 10.6. The van der Waals surface area contributed by atoms with Crippen LogP contribution in [0.25, 0.3) is 33.3 Å². The Hall–Kier alpha value is -3.45. The van der Waals surface area contributed by atoms with E-state index in [1.807, 2.05) is 42.6 Å². The summed E-state index contributed by atoms with van der Waals surface area (Å²) >= 11 is 0. The van der Waals surface area contributed by atoms with Crippen LogP contribution in [0.15, 0.2) is 67.3 Å². The molecule has 0 radical (unpaired) electrons. The standard InChI is InChI=1S/C19H12N4/c20-11-13-2-1-3-15(10-13)17-12-23-19-18(17)16(6-9-22-19)14-4-7-21-8-5-14/h1-10,12H,(H,22,23). The zero-order valence-corrected chi connectivity index (χ0v) is 12.2. The number of hydrogen-bond acceptors (Lipinski definition) is 3. The van der Waals surface area contributed by atoms with Crippen molar-refractivity contribution in [3.05, 3.63) is 72.8 Å². The van der Waals surface area contributed by atoms with Crippen LogP contribution in [-0.4, -0.2) is 15.0 Å². The van der Waals surface area contributed by atoms with Gasteiger partial charge < -0.3 is 4.98 Å². The highest BCUT2D eigenvalue weighted by atomic mass is 14.8. The monoisotopic (exact) mass is 296 g/mol. The van der Waals surface area contributed by atoms with Crippen LogP contribution in [0.5, 0.6) is 0 Å². The Morgan fingerprint density at radius 1 is 0.913 bits per heavy atom. The van der Waals surface area contributed by atoms with E-state index in [1.165, 1.54) is 0 Å². The largest absolute Gasteiger partial charge is 0.345 e. The van der Waals surface area contributed by atoms with E-state index in [2.05, 4.69) is 21.0 Å². The molecule has 0 aliphatic rings. The highest BCUT2D eigenvalue weighted by Gasteiger charge is 2.13. The number of hydrogen-bond donors (Lipinski definition) is 1. The Labute approximate surface area is 133 Å². The van der Waals surface area contributed by atoms with Crippen molar-refractivity contribution < 1.29 is 0 Å². The van der Waals surface area contributed by atoms with Crippen molar-refractivity contribution in [2.75, 3.05) is 0 Å². The number of pyridine rings is 2. The molecular formula is C19H12N4. The van der Waals surface area contributed by atoms with Crippen LogP contribution in [0.3, 0.4) is 0 Å². The number of nitrogens with one attached hydrogen (secondary N) is 1. The molecule has 0 amide bonds. The summed E-state index contributed by atoms with van der Waals surface area (Å²) in [6.07, 6.45) is 7.30. The first-order valence-electron chi connectivity index (χ1n) is 7.24. The van der Waals surface area contributed by atoms with E-state index < -0.39 is 0 Å². The van der Waals surface area contributed by atoms with Crippen LogP contribution in [0.2, 0.25) is 0 Å². The first-order valence-corrected chi connectivity index (χ1v) is 7.24. The van der Waals surface area contributed by atoms with Gasteiger partial charge in [-0.05, 0) is 47.0 Å². The SMILES string of the molecule is N#Cc1cccc(-c2c[nH]c3nccc(-c4ccncc4)c23)c1. The van der Waals surface area contributed by atoms with Gasteiger partial charge in [-0.2, -0.15) is 5.26 Å². The number of nitrogens with zero attached hydrogens (tertiary/aromatic N) is 3. The van der Waals surface area contributed by atoms with Gasteiger partial charge in [0.25, 0.3) is 0 Å². The summed E-state index contributed by atoms with van der Waals surface area (Å²) in [6.45, 7) is 0. The molecule has 0 spiro atoms. The van der Waals surface area contributed by atoms with Gasteiger partial charge in [0.05, 0.1) is 11.6 Å². The second kappa shape index (κ2) is 5.39. The third kappa shape index (κ3) is 2.25. The lowest BCUT2D eigenvalue weighted by Gasteiger charge is -2.06. The Morgan fingerprint density at radius 3 is 2.61 bits per heavy atom. The first kappa shape index (κ1) is 13.2. The lowest BCUT2D eigenvalue weighted by Crippen LogP contribution is -1.85. The first-order chi connectivity index (χ1) is 11.4. The summed E-state index contributed by atoms with van der Waals surface area (Å²) < 4.78 is 0. The van der Waals surface area contributed by atoms with E-state index in [4.69, 9.17) is 5.26 Å². The third-order valence-electron chi connectivity index (χ3n) is 3.87. The Kier molecular flexibility index (Phi) is 3.10. The summed E-state index contributed by atoms with van der Waals surface area (Å²) in [7, 11) is 0. The maximum absolute atomic E-state index is 9.13. The fourth-order valence-electron chi connectivity index (χ4n) is 2.81. The Bertz CT molecular complexity index is 1030. The van der Waals surface area contributed by atoms with E-state index in [-0.39, 0.29) is 0 Å². The molecule has 0 unspecified atom stereocenters. The summed E-state index contributed by atoms with van der Waals surface area (Å²) in [4.78, 5) is 11.7. The number of fused-ring (bicyclic) bond motifs is 1. The predicted octanol–water partition coefficient (Wildman–Crippen LogP) is 4.16. The van der Waals surface area contributed by atoms with Gasteiger partial charge in [-0.15, -0.1) is 0 Å². The molecule has 0 aliphatic carbocycles. The fourth-order valence-corrected chi connectivity index (χ4v) is 2.81. The van der Waals surface area contributed by atoms with Gasteiger partial charge in [-0.25, -0.2) is 4.98 Å². The highest BCUT2D eigenvalue weighted by molar-refractivity contribution is 6.04. The van der Waals surface area contributed by atoms with Gasteiger partial charge in [0.15, 0.2) is 0 Å². The topological polar surface area (TPSA) is 65.4 Å². The van der Waals surface area contributed by atoms with Crippen molar-refractivity contribution in [1.29, 1.82) is 5.26 Å². The predicted molar refractivity (Wildman–Crippen MR) is 89.5 cm³/mol. The number of benzene rings is 1. The summed E-state index contributed by atoms with van der Waals surface area (Å²) in [5, 5.41) is 10.2. The lowest BCUT2D eigenvalue weighted by atomic mass is 9.98. The van der Waals surface area contributed by atoms with Crippen molar-refractivity contribution in [3.8, 4) is 28.3 Å². The van der Waals surface area contributed by atoms with Crippen LogP contribution < -0.4 is 0 Å². The zero-order valence-electron chi connectivity index (χ0n) is 12.2. The molecule has 4 aromatic rings. The van der Waals surface area contributed by atoms with Crippen molar-refractivity contribution >= 4 is 11.0 Å². The smallest absolute Gasteiger partial charge is 0.138 e. The van der Waals surface area contributed by atoms with E-state index in [0.717, 1.165) is 33.3 Å². The van der Waals surface area contributed by atoms with Crippen LogP contribution >= 0.6 is 0 Å².